The van der Waals surface area contributed by atoms with Crippen molar-refractivity contribution in [1.29, 1.82) is 5.41 Å². The van der Waals surface area contributed by atoms with Crippen LogP contribution in [-0.4, -0.2) is 60.0 Å². The van der Waals surface area contributed by atoms with Crippen LogP contribution in [0.5, 0.6) is 0 Å². The van der Waals surface area contributed by atoms with Gasteiger partial charge in [0.15, 0.2) is 5.69 Å². The maximum absolute atomic E-state index is 12.4. The highest BCUT2D eigenvalue weighted by Gasteiger charge is 2.25. The Morgan fingerprint density at radius 3 is 2.45 bits per heavy atom. The number of anilines is 2. The van der Waals surface area contributed by atoms with Gasteiger partial charge in [0.25, 0.3) is 0 Å². The van der Waals surface area contributed by atoms with E-state index in [1.54, 1.807) is 50.1 Å². The van der Waals surface area contributed by atoms with Crippen molar-refractivity contribution in [3.8, 4) is 0 Å². The Balaban J connectivity index is 0.00000233. The highest BCUT2D eigenvalue weighted by Crippen LogP contribution is 2.31. The van der Waals surface area contributed by atoms with E-state index in [1.165, 1.54) is 0 Å². The van der Waals surface area contributed by atoms with Crippen LogP contribution in [0.25, 0.3) is 0 Å². The molecule has 7 nitrogen and oxygen atoms in total. The standard InChI is InChI=1S/C21H29N5O2S.C2H6/c1-6-9-16(7-2)23-20-19(15(4)22)18(14-17(24-20)21(27)28-8-3)25-10-12-26(29-5)13-11-25;1-2/h6-7,9,14,22H,1-2,8,10-13H2,3-5H3,(H,23,24);1-2H3/b16-9+,22-15?;. The number of carbonyl (C=O) groups excluding carboxylic acids is 1. The average Bonchev–Trinajstić information content (AvgIpc) is 2.79. The van der Waals surface area contributed by atoms with Gasteiger partial charge in [0.2, 0.25) is 0 Å². The van der Waals surface area contributed by atoms with Gasteiger partial charge in [0, 0.05) is 37.6 Å². The molecule has 8 heteroatoms. The number of rotatable bonds is 9. The summed E-state index contributed by atoms with van der Waals surface area (Å²) in [7, 11) is 0. The topological polar surface area (TPSA) is 81.6 Å². The average molecular weight is 446 g/mol. The normalized spacial score (nSPS) is 14.2. The molecular weight excluding hydrogens is 410 g/mol. The molecule has 1 aliphatic heterocycles. The molecule has 1 saturated heterocycles. The Labute approximate surface area is 190 Å². The molecule has 2 N–H and O–H groups in total. The van der Waals surface area contributed by atoms with Crippen LogP contribution < -0.4 is 10.2 Å². The highest BCUT2D eigenvalue weighted by atomic mass is 32.2. The maximum atomic E-state index is 12.4. The molecule has 170 valence electrons. The van der Waals surface area contributed by atoms with Crippen molar-refractivity contribution in [3.63, 3.8) is 0 Å². The van der Waals surface area contributed by atoms with Crippen molar-refractivity contribution in [2.45, 2.75) is 27.7 Å². The third kappa shape index (κ3) is 7.25. The van der Waals surface area contributed by atoms with Gasteiger partial charge in [-0.15, -0.1) is 0 Å². The highest BCUT2D eigenvalue weighted by molar-refractivity contribution is 7.96. The second kappa shape index (κ2) is 13.7. The van der Waals surface area contributed by atoms with E-state index in [0.29, 0.717) is 22.8 Å². The summed E-state index contributed by atoms with van der Waals surface area (Å²) in [5.74, 6) is -0.0556. The molecular formula is C23H35N5O2S. The molecule has 0 spiro atoms. The fourth-order valence-corrected chi connectivity index (χ4v) is 3.62. The maximum Gasteiger partial charge on any atom is 0.357 e. The van der Waals surface area contributed by atoms with Crippen molar-refractivity contribution >= 4 is 35.1 Å². The van der Waals surface area contributed by atoms with Crippen molar-refractivity contribution in [2.24, 2.45) is 0 Å². The molecule has 0 unspecified atom stereocenters. The summed E-state index contributed by atoms with van der Waals surface area (Å²) in [5, 5.41) is 11.6. The number of aromatic nitrogens is 1. The molecule has 31 heavy (non-hydrogen) atoms. The molecule has 1 fully saturated rings. The van der Waals surface area contributed by atoms with Crippen molar-refractivity contribution < 1.29 is 9.53 Å². The Morgan fingerprint density at radius 1 is 1.32 bits per heavy atom. The Kier molecular flexibility index (Phi) is 11.7. The SMILES string of the molecule is C=C/C=C(\C=C)Nc1nc(C(=O)OCC)cc(N2CCN(SC)CC2)c1C(C)=N.CC. The lowest BCUT2D eigenvalue weighted by Crippen LogP contribution is -2.44. The number of ether oxygens (including phenoxy) is 1. The van der Waals surface area contributed by atoms with E-state index in [1.807, 2.05) is 13.8 Å². The first-order valence-corrected chi connectivity index (χ1v) is 11.7. The lowest BCUT2D eigenvalue weighted by Gasteiger charge is -2.36. The number of nitrogens with one attached hydrogen (secondary N) is 2. The van der Waals surface area contributed by atoms with Gasteiger partial charge in [-0.2, -0.15) is 0 Å². The molecule has 2 heterocycles. The third-order valence-corrected chi connectivity index (χ3v) is 5.36. The van der Waals surface area contributed by atoms with E-state index >= 15 is 0 Å². The summed E-state index contributed by atoms with van der Waals surface area (Å²) in [6.07, 6.45) is 7.10. The molecule has 0 aliphatic carbocycles. The van der Waals surface area contributed by atoms with Gasteiger partial charge in [0.1, 0.15) is 5.82 Å². The van der Waals surface area contributed by atoms with Crippen molar-refractivity contribution in [3.05, 3.63) is 54.4 Å². The second-order valence-electron chi connectivity index (χ2n) is 6.38. The van der Waals surface area contributed by atoms with Crippen LogP contribution in [0.4, 0.5) is 11.5 Å². The van der Waals surface area contributed by atoms with Crippen LogP contribution in [-0.2, 0) is 4.74 Å². The molecule has 0 saturated carbocycles. The Morgan fingerprint density at radius 2 is 1.97 bits per heavy atom. The zero-order valence-corrected chi connectivity index (χ0v) is 20.1. The molecule has 0 atom stereocenters. The summed E-state index contributed by atoms with van der Waals surface area (Å²) in [4.78, 5) is 19.1. The number of piperazine rings is 1. The van der Waals surface area contributed by atoms with Crippen LogP contribution in [0.15, 0.2) is 43.1 Å². The van der Waals surface area contributed by atoms with Crippen molar-refractivity contribution in [1.82, 2.24) is 9.29 Å². The lowest BCUT2D eigenvalue weighted by molar-refractivity contribution is 0.0519. The first kappa shape index (κ1) is 26.5. The molecule has 0 radical (unpaired) electrons. The number of hydrogen-bond acceptors (Lipinski definition) is 8. The molecule has 1 aromatic rings. The monoisotopic (exact) mass is 445 g/mol. The number of hydrogen-bond donors (Lipinski definition) is 2. The summed E-state index contributed by atoms with van der Waals surface area (Å²) in [6, 6.07) is 1.73. The van der Waals surface area contributed by atoms with Gasteiger partial charge in [-0.3, -0.25) is 0 Å². The van der Waals surface area contributed by atoms with Gasteiger partial charge in [0.05, 0.1) is 17.9 Å². The van der Waals surface area contributed by atoms with Crippen LogP contribution in [0.2, 0.25) is 0 Å². The smallest absolute Gasteiger partial charge is 0.357 e. The summed E-state index contributed by atoms with van der Waals surface area (Å²) in [6.45, 7) is 18.6. The number of pyridine rings is 1. The van der Waals surface area contributed by atoms with Crippen LogP contribution >= 0.6 is 11.9 Å². The first-order valence-electron chi connectivity index (χ1n) is 10.5. The first-order chi connectivity index (χ1) is 14.9. The number of esters is 1. The van der Waals surface area contributed by atoms with E-state index in [-0.39, 0.29) is 12.3 Å². The molecule has 0 bridgehead atoms. The van der Waals surface area contributed by atoms with Crippen LogP contribution in [0, 0.1) is 5.41 Å². The summed E-state index contributed by atoms with van der Waals surface area (Å²) >= 11 is 1.73. The minimum absolute atomic E-state index is 0.212. The van der Waals surface area contributed by atoms with E-state index in [9.17, 15) is 4.79 Å². The van der Waals surface area contributed by atoms with Crippen LogP contribution in [0.3, 0.4) is 0 Å². The van der Waals surface area contributed by atoms with Gasteiger partial charge >= 0.3 is 5.97 Å². The molecule has 0 aromatic carbocycles. The van der Waals surface area contributed by atoms with E-state index < -0.39 is 5.97 Å². The summed E-state index contributed by atoms with van der Waals surface area (Å²) < 4.78 is 7.47. The minimum atomic E-state index is -0.485. The fourth-order valence-electron chi connectivity index (χ4n) is 3.09. The minimum Gasteiger partial charge on any atom is -0.461 e. The van der Waals surface area contributed by atoms with E-state index in [4.69, 9.17) is 10.1 Å². The predicted octanol–water partition coefficient (Wildman–Crippen LogP) is 4.74. The quantitative estimate of drug-likeness (QED) is 0.246. The Hall–Kier alpha value is -2.58. The second-order valence-corrected chi connectivity index (χ2v) is 7.26. The molecule has 1 aromatic heterocycles. The largest absolute Gasteiger partial charge is 0.461 e. The zero-order valence-electron chi connectivity index (χ0n) is 19.3. The third-order valence-electron chi connectivity index (χ3n) is 4.48. The van der Waals surface area contributed by atoms with Gasteiger partial charge in [-0.25, -0.2) is 14.1 Å². The van der Waals surface area contributed by atoms with E-state index in [2.05, 4.69) is 38.9 Å². The molecule has 1 aliphatic rings. The molecule has 2 rings (SSSR count). The zero-order chi connectivity index (χ0) is 23.4. The van der Waals surface area contributed by atoms with Gasteiger partial charge < -0.3 is 20.4 Å². The number of carbonyl (C=O) groups is 1. The van der Waals surface area contributed by atoms with E-state index in [0.717, 1.165) is 31.9 Å². The van der Waals surface area contributed by atoms with Crippen molar-refractivity contribution in [2.75, 3.05) is 49.3 Å². The number of allylic oxidation sites excluding steroid dienone is 3. The fraction of sp³-hybridized carbons (Fsp3) is 0.435. The summed E-state index contributed by atoms with van der Waals surface area (Å²) in [5.41, 5.74) is 2.71. The Bertz CT molecular complexity index is 814. The van der Waals surface area contributed by atoms with Gasteiger partial charge in [-0.05, 0) is 38.3 Å². The van der Waals surface area contributed by atoms with Gasteiger partial charge in [-0.1, -0.05) is 45.0 Å². The van der Waals surface area contributed by atoms with Crippen LogP contribution in [0.1, 0.15) is 43.7 Å². The number of nitrogens with zero attached hydrogens (tertiary/aromatic N) is 3. The molecule has 0 amide bonds. The predicted molar refractivity (Wildman–Crippen MR) is 133 cm³/mol. The lowest BCUT2D eigenvalue weighted by atomic mass is 10.1.